The number of carboxylic acids is 1. The van der Waals surface area contributed by atoms with Gasteiger partial charge >= 0.3 is 5.97 Å². The molecule has 0 radical (unpaired) electrons. The maximum absolute atomic E-state index is 13.0. The van der Waals surface area contributed by atoms with E-state index in [2.05, 4.69) is 25.7 Å². The van der Waals surface area contributed by atoms with E-state index in [1.807, 2.05) is 0 Å². The highest BCUT2D eigenvalue weighted by molar-refractivity contribution is 8.01. The monoisotopic (exact) mass is 628 g/mol. The van der Waals surface area contributed by atoms with Crippen molar-refractivity contribution in [2.75, 3.05) is 23.8 Å². The van der Waals surface area contributed by atoms with Crippen molar-refractivity contribution >= 4 is 99.6 Å². The molecule has 0 spiro atoms. The van der Waals surface area contributed by atoms with Gasteiger partial charge in [0.1, 0.15) is 34.4 Å². The molecule has 19 heteroatoms. The maximum Gasteiger partial charge on any atom is 0.352 e. The Balaban J connectivity index is 0.00000241. The highest BCUT2D eigenvalue weighted by Crippen LogP contribution is 2.41. The van der Waals surface area contributed by atoms with Crippen LogP contribution in [0.3, 0.4) is 0 Å². The number of fused-ring (bicyclic) bond motifs is 1. The average Bonchev–Trinajstić information content (AvgIpc) is 3.52. The van der Waals surface area contributed by atoms with Gasteiger partial charge in [0, 0.05) is 23.4 Å². The van der Waals surface area contributed by atoms with Gasteiger partial charge in [0.2, 0.25) is 0 Å². The minimum Gasteiger partial charge on any atom is -0.477 e. The van der Waals surface area contributed by atoms with Gasteiger partial charge in [-0.1, -0.05) is 28.3 Å². The van der Waals surface area contributed by atoms with Crippen molar-refractivity contribution in [3.8, 4) is 0 Å². The van der Waals surface area contributed by atoms with Crippen LogP contribution in [0.2, 0.25) is 0 Å². The third-order valence-corrected chi connectivity index (χ3v) is 8.84. The van der Waals surface area contributed by atoms with Crippen molar-refractivity contribution in [2.45, 2.75) is 28.8 Å². The molecule has 0 aromatic carbocycles. The van der Waals surface area contributed by atoms with Gasteiger partial charge in [-0.05, 0) is 12.5 Å². The summed E-state index contributed by atoms with van der Waals surface area (Å²) in [5.41, 5.74) is 13.4. The van der Waals surface area contributed by atoms with E-state index in [4.69, 9.17) is 16.3 Å². The number of β-lactam (4-membered cyclic amide) rings is 1. The third-order valence-electron chi connectivity index (χ3n) is 4.88. The van der Waals surface area contributed by atoms with Crippen LogP contribution in [-0.2, 0) is 19.2 Å². The number of anilines is 1. The lowest BCUT2D eigenvalue weighted by Gasteiger charge is -2.49. The van der Waals surface area contributed by atoms with Gasteiger partial charge in [-0.15, -0.1) is 58.1 Å². The normalized spacial score (nSPS) is 19.7. The Morgan fingerprint density at radius 2 is 2.16 bits per heavy atom. The van der Waals surface area contributed by atoms with Gasteiger partial charge in [-0.3, -0.25) is 14.5 Å². The van der Waals surface area contributed by atoms with Crippen LogP contribution in [-0.4, -0.2) is 84.3 Å². The number of nitrogen functional groups attached to an aromatic ring is 1. The fraction of sp³-hybridized carbons (Fsp3) is 0.389. The van der Waals surface area contributed by atoms with Crippen LogP contribution >= 0.6 is 71.0 Å². The molecule has 1 fully saturated rings. The number of halogens is 2. The molecule has 2 unspecified atom stereocenters. The number of aliphatic carboxylic acids is 1. The third kappa shape index (κ3) is 6.84. The van der Waals surface area contributed by atoms with E-state index in [1.54, 1.807) is 17.8 Å². The minimum atomic E-state index is -1.20. The van der Waals surface area contributed by atoms with Gasteiger partial charge in [0.15, 0.2) is 15.2 Å². The molecule has 6 N–H and O–H groups in total. The lowest BCUT2D eigenvalue weighted by molar-refractivity contribution is -0.150. The summed E-state index contributed by atoms with van der Waals surface area (Å²) in [6.07, 6.45) is -0.455. The number of carbonyl (C=O) groups excluding carboxylic acids is 2. The predicted molar refractivity (Wildman–Crippen MR) is 147 cm³/mol. The van der Waals surface area contributed by atoms with Crippen molar-refractivity contribution in [3.05, 3.63) is 27.9 Å². The summed E-state index contributed by atoms with van der Waals surface area (Å²) in [7, 11) is 0. The molecular weight excluding hydrogens is 607 g/mol. The van der Waals surface area contributed by atoms with Gasteiger partial charge in [-0.2, -0.15) is 0 Å². The van der Waals surface area contributed by atoms with Crippen LogP contribution in [0, 0.1) is 0 Å². The Hall–Kier alpha value is -2.15. The van der Waals surface area contributed by atoms with Crippen LogP contribution in [0.4, 0.5) is 5.13 Å². The van der Waals surface area contributed by atoms with Crippen LogP contribution in [0.5, 0.6) is 0 Å². The van der Waals surface area contributed by atoms with E-state index in [0.717, 1.165) is 11.3 Å². The average molecular weight is 630 g/mol. The number of nitrogens with two attached hydrogens (primary N) is 2. The van der Waals surface area contributed by atoms with E-state index >= 15 is 0 Å². The summed E-state index contributed by atoms with van der Waals surface area (Å²) in [4.78, 5) is 48.5. The van der Waals surface area contributed by atoms with Crippen molar-refractivity contribution in [3.63, 3.8) is 0 Å². The number of hydrogen-bond acceptors (Lipinski definition) is 14. The Morgan fingerprint density at radius 3 is 2.76 bits per heavy atom. The number of carboxylic acid groups (broad SMARTS) is 1. The number of rotatable bonds is 10. The Morgan fingerprint density at radius 1 is 1.41 bits per heavy atom. The van der Waals surface area contributed by atoms with E-state index in [-0.39, 0.29) is 53.6 Å². The summed E-state index contributed by atoms with van der Waals surface area (Å²) in [5.74, 6) is -1.69. The second kappa shape index (κ2) is 13.6. The fourth-order valence-electron chi connectivity index (χ4n) is 3.17. The van der Waals surface area contributed by atoms with Crippen LogP contribution in [0.25, 0.3) is 0 Å². The molecule has 2 aliphatic rings. The summed E-state index contributed by atoms with van der Waals surface area (Å²) in [6.45, 7) is 1.86. The fourth-order valence-corrected chi connectivity index (χ4v) is 6.69. The van der Waals surface area contributed by atoms with Gasteiger partial charge in [0.05, 0.1) is 0 Å². The summed E-state index contributed by atoms with van der Waals surface area (Å²) < 4.78 is 0.704. The maximum atomic E-state index is 13.0. The molecule has 4 heterocycles. The molecular formula is C18H22Cl2N8O5S4. The number of thiazole rings is 1. The molecule has 0 saturated carbocycles. The molecule has 1 saturated heterocycles. The number of aromatic nitrogens is 3. The predicted octanol–water partition coefficient (Wildman–Crippen LogP) is 1.02. The number of nitrogens with zero attached hydrogens (tertiary/aromatic N) is 5. The first-order valence-corrected chi connectivity index (χ1v) is 13.8. The molecule has 2 amide bonds. The molecule has 0 aliphatic carbocycles. The second-order valence-corrected chi connectivity index (χ2v) is 11.3. The number of nitrogens with one attached hydrogen (secondary N) is 1. The largest absolute Gasteiger partial charge is 0.477 e. The molecule has 202 valence electrons. The van der Waals surface area contributed by atoms with E-state index in [1.165, 1.54) is 39.8 Å². The zero-order chi connectivity index (χ0) is 25.1. The molecule has 13 nitrogen and oxygen atoms in total. The van der Waals surface area contributed by atoms with Crippen molar-refractivity contribution in [1.82, 2.24) is 25.4 Å². The van der Waals surface area contributed by atoms with Gasteiger partial charge in [-0.25, -0.2) is 9.78 Å². The van der Waals surface area contributed by atoms with Crippen molar-refractivity contribution < 1.29 is 24.3 Å². The highest BCUT2D eigenvalue weighted by Gasteiger charge is 2.54. The number of amides is 2. The second-order valence-electron chi connectivity index (χ2n) is 7.27. The first kappa shape index (κ1) is 31.1. The summed E-state index contributed by atoms with van der Waals surface area (Å²) in [5, 5.41) is 25.2. The van der Waals surface area contributed by atoms with Gasteiger partial charge in [0.25, 0.3) is 11.8 Å². The molecule has 2 aliphatic heterocycles. The molecule has 2 aromatic rings. The topological polar surface area (TPSA) is 199 Å². The van der Waals surface area contributed by atoms with Crippen molar-refractivity contribution in [2.24, 2.45) is 10.9 Å². The number of oxime groups is 1. The van der Waals surface area contributed by atoms with E-state index in [9.17, 15) is 19.5 Å². The molecule has 37 heavy (non-hydrogen) atoms. The molecule has 4 rings (SSSR count). The highest BCUT2D eigenvalue weighted by atomic mass is 35.5. The van der Waals surface area contributed by atoms with Crippen LogP contribution in [0.15, 0.2) is 31.7 Å². The SMILES string of the molecule is CC(CN)ON=C(C(=O)NC1C(=O)N2C(C(=O)O)=C(CSc3nncs3)CS[C@@H]12)c1csc(N)n1.Cl.Cl. The zero-order valence-corrected chi connectivity index (χ0v) is 23.8. The Bertz CT molecular complexity index is 1190. The number of carbonyl (C=O) groups is 3. The first-order chi connectivity index (χ1) is 16.8. The van der Waals surface area contributed by atoms with Crippen LogP contribution < -0.4 is 16.8 Å². The lowest BCUT2D eigenvalue weighted by Crippen LogP contribution is -2.71. The number of hydrogen-bond donors (Lipinski definition) is 4. The molecule has 3 atom stereocenters. The number of thioether (sulfide) groups is 2. The molecule has 0 bridgehead atoms. The van der Waals surface area contributed by atoms with Crippen LogP contribution in [0.1, 0.15) is 12.6 Å². The summed E-state index contributed by atoms with van der Waals surface area (Å²) in [6, 6.07) is -0.938. The minimum absolute atomic E-state index is 0. The Labute approximate surface area is 239 Å². The smallest absolute Gasteiger partial charge is 0.352 e. The summed E-state index contributed by atoms with van der Waals surface area (Å²) >= 11 is 5.19. The van der Waals surface area contributed by atoms with Crippen molar-refractivity contribution in [1.29, 1.82) is 0 Å². The first-order valence-electron chi connectivity index (χ1n) is 10.0. The van der Waals surface area contributed by atoms with E-state index < -0.39 is 35.3 Å². The molecule has 2 aromatic heterocycles. The standard InChI is InChI=1S/C18H20N8O5S4.2ClH/c1-7(2-19)31-25-10(9-5-33-17(20)22-9)13(27)23-11-14(28)26-12(16(29)30)8(3-32-15(11)26)4-34-18-24-21-6-35-18;;/h5-7,11,15H,2-4,19H2,1H3,(H2,20,22)(H,23,27)(H,29,30);2*1H/t7?,11?,15-;;/m0../s1. The zero-order valence-electron chi connectivity index (χ0n) is 18.9. The van der Waals surface area contributed by atoms with E-state index in [0.29, 0.717) is 21.4 Å². The van der Waals surface area contributed by atoms with Gasteiger partial charge < -0.3 is 26.7 Å². The Kier molecular flexibility index (Phi) is 11.4. The lowest BCUT2D eigenvalue weighted by atomic mass is 10.0. The quantitative estimate of drug-likeness (QED) is 0.126.